The van der Waals surface area contributed by atoms with E-state index < -0.39 is 0 Å². The van der Waals surface area contributed by atoms with E-state index in [9.17, 15) is 9.59 Å². The Morgan fingerprint density at radius 2 is 0.966 bits per heavy atom. The summed E-state index contributed by atoms with van der Waals surface area (Å²) in [7, 11) is 0. The van der Waals surface area contributed by atoms with Crippen molar-refractivity contribution in [2.45, 2.75) is 270 Å². The van der Waals surface area contributed by atoms with Crippen LogP contribution in [0.3, 0.4) is 0 Å². The standard InChI is InChI=1S/C50H96N4O4S/c1-5-9-12-15-20-27-35-46(8-4)57-49(55)38-30-23-18-25-32-43-54(45-34-41-52-59-48-40-42-51-53-48)44-33-26-19-24-31-39-50(56)58-47(36-28-21-16-13-10-6-2)37-29-22-17-14-11-7-3/h40,42,46-47,52H,5-39,41,43-45H2,1-4H3,(H,51,53). The Hall–Kier alpha value is -1.58. The van der Waals surface area contributed by atoms with Crippen LogP contribution in [0.5, 0.6) is 0 Å². The molecule has 0 spiro atoms. The SMILES string of the molecule is CCCCCCCCC(CC)OC(=O)CCCCCCCN(CCCCCCCC(=O)OC(CCCCCCCC)CCCCCCCC)CCCNSc1ccn[nH]1. The fourth-order valence-electron chi connectivity index (χ4n) is 7.96. The van der Waals surface area contributed by atoms with Crippen LogP contribution < -0.4 is 4.72 Å². The Labute approximate surface area is 369 Å². The maximum atomic E-state index is 12.9. The lowest BCUT2D eigenvalue weighted by Gasteiger charge is -2.22. The van der Waals surface area contributed by atoms with E-state index in [1.165, 1.54) is 154 Å². The number of esters is 2. The van der Waals surface area contributed by atoms with Gasteiger partial charge < -0.3 is 14.4 Å². The molecule has 0 amide bonds. The summed E-state index contributed by atoms with van der Waals surface area (Å²) in [6, 6.07) is 1.99. The lowest BCUT2D eigenvalue weighted by atomic mass is 10.0. The molecule has 0 aromatic carbocycles. The highest BCUT2D eigenvalue weighted by atomic mass is 32.2. The van der Waals surface area contributed by atoms with Gasteiger partial charge in [-0.05, 0) is 115 Å². The molecule has 9 heteroatoms. The first-order valence-electron chi connectivity index (χ1n) is 25.5. The number of hydrogen-bond acceptors (Lipinski definition) is 8. The van der Waals surface area contributed by atoms with Gasteiger partial charge in [-0.15, -0.1) is 0 Å². The lowest BCUT2D eigenvalue weighted by Crippen LogP contribution is -2.29. The highest BCUT2D eigenvalue weighted by molar-refractivity contribution is 7.97. The minimum atomic E-state index is -0.000475. The molecule has 1 heterocycles. The highest BCUT2D eigenvalue weighted by Crippen LogP contribution is 2.19. The van der Waals surface area contributed by atoms with Crippen molar-refractivity contribution in [1.82, 2.24) is 19.8 Å². The number of nitrogens with one attached hydrogen (secondary N) is 2. The Balaban J connectivity index is 2.32. The van der Waals surface area contributed by atoms with Crippen LogP contribution in [-0.4, -0.2) is 65.4 Å². The van der Waals surface area contributed by atoms with E-state index in [4.69, 9.17) is 9.47 Å². The van der Waals surface area contributed by atoms with Crippen LogP contribution in [0.2, 0.25) is 0 Å². The van der Waals surface area contributed by atoms with Crippen molar-refractivity contribution in [2.75, 3.05) is 26.2 Å². The van der Waals surface area contributed by atoms with Crippen molar-refractivity contribution in [3.63, 3.8) is 0 Å². The number of aromatic nitrogens is 2. The van der Waals surface area contributed by atoms with Crippen molar-refractivity contribution >= 4 is 23.9 Å². The van der Waals surface area contributed by atoms with Crippen LogP contribution in [0.25, 0.3) is 0 Å². The van der Waals surface area contributed by atoms with Gasteiger partial charge in [-0.1, -0.05) is 163 Å². The summed E-state index contributed by atoms with van der Waals surface area (Å²) < 4.78 is 15.4. The predicted molar refractivity (Wildman–Crippen MR) is 253 cm³/mol. The molecule has 2 N–H and O–H groups in total. The summed E-state index contributed by atoms with van der Waals surface area (Å²) in [5.74, 6) is 0.0285. The molecule has 59 heavy (non-hydrogen) atoms. The van der Waals surface area contributed by atoms with E-state index in [2.05, 4.69) is 47.5 Å². The fraction of sp³-hybridized carbons (Fsp3) is 0.900. The van der Waals surface area contributed by atoms with Crippen LogP contribution in [0.15, 0.2) is 17.3 Å². The maximum Gasteiger partial charge on any atom is 0.306 e. The van der Waals surface area contributed by atoms with Gasteiger partial charge in [-0.25, -0.2) is 0 Å². The third-order valence-corrected chi connectivity index (χ3v) is 12.6. The molecule has 8 nitrogen and oxygen atoms in total. The number of H-pyrrole nitrogens is 1. The third-order valence-electron chi connectivity index (χ3n) is 11.8. The van der Waals surface area contributed by atoms with Crippen molar-refractivity contribution in [3.05, 3.63) is 12.3 Å². The Kier molecular flexibility index (Phi) is 40.5. The highest BCUT2D eigenvalue weighted by Gasteiger charge is 2.15. The van der Waals surface area contributed by atoms with Gasteiger partial charge in [0.25, 0.3) is 0 Å². The van der Waals surface area contributed by atoms with Gasteiger partial charge in [0.05, 0.1) is 0 Å². The van der Waals surface area contributed by atoms with E-state index in [-0.39, 0.29) is 24.1 Å². The number of rotatable bonds is 46. The van der Waals surface area contributed by atoms with Crippen molar-refractivity contribution in [1.29, 1.82) is 0 Å². The topological polar surface area (TPSA) is 96.6 Å². The van der Waals surface area contributed by atoms with Crippen LogP contribution in [0, 0.1) is 0 Å². The molecular weight excluding hydrogens is 753 g/mol. The summed E-state index contributed by atoms with van der Waals surface area (Å²) in [5.41, 5.74) is 0. The van der Waals surface area contributed by atoms with Crippen LogP contribution in [0.4, 0.5) is 0 Å². The zero-order chi connectivity index (χ0) is 42.7. The molecule has 0 aliphatic carbocycles. The number of nitrogens with zero attached hydrogens (tertiary/aromatic N) is 2. The number of ether oxygens (including phenoxy) is 2. The van der Waals surface area contributed by atoms with Crippen LogP contribution in [0.1, 0.15) is 252 Å². The maximum absolute atomic E-state index is 12.9. The van der Waals surface area contributed by atoms with Crippen LogP contribution in [-0.2, 0) is 19.1 Å². The monoisotopic (exact) mass is 849 g/mol. The van der Waals surface area contributed by atoms with Crippen LogP contribution >= 0.6 is 11.9 Å². The molecule has 1 atom stereocenters. The molecule has 0 aliphatic rings. The van der Waals surface area contributed by atoms with E-state index in [1.54, 1.807) is 18.1 Å². The smallest absolute Gasteiger partial charge is 0.306 e. The van der Waals surface area contributed by atoms with Crippen molar-refractivity contribution in [3.8, 4) is 0 Å². The fourth-order valence-corrected chi connectivity index (χ4v) is 8.59. The van der Waals surface area contributed by atoms with Crippen molar-refractivity contribution < 1.29 is 19.1 Å². The van der Waals surface area contributed by atoms with Gasteiger partial charge in [-0.3, -0.25) is 19.4 Å². The Bertz CT molecular complexity index is 1010. The summed E-state index contributed by atoms with van der Waals surface area (Å²) in [6.07, 6.45) is 42.7. The Morgan fingerprint density at radius 1 is 0.559 bits per heavy atom. The molecule has 1 unspecified atom stereocenters. The van der Waals surface area contributed by atoms with Gasteiger partial charge in [-0.2, -0.15) is 5.10 Å². The minimum absolute atomic E-state index is 0.000475. The first-order valence-corrected chi connectivity index (χ1v) is 26.3. The van der Waals surface area contributed by atoms with Gasteiger partial charge in [0, 0.05) is 25.6 Å². The number of unbranched alkanes of at least 4 members (excludes halogenated alkanes) is 23. The number of carbonyl (C=O) groups is 2. The molecule has 0 saturated carbocycles. The number of hydrogen-bond donors (Lipinski definition) is 2. The average molecular weight is 849 g/mol. The molecular formula is C50H96N4O4S. The molecule has 1 aromatic heterocycles. The largest absolute Gasteiger partial charge is 0.462 e. The summed E-state index contributed by atoms with van der Waals surface area (Å²) in [6.45, 7) is 13.3. The van der Waals surface area contributed by atoms with Crippen molar-refractivity contribution in [2.24, 2.45) is 0 Å². The second-order valence-corrected chi connectivity index (χ2v) is 18.4. The first kappa shape index (κ1) is 55.4. The summed E-state index contributed by atoms with van der Waals surface area (Å²) >= 11 is 1.61. The zero-order valence-corrected chi connectivity index (χ0v) is 40.1. The van der Waals surface area contributed by atoms with Gasteiger partial charge in [0.15, 0.2) is 0 Å². The molecule has 346 valence electrons. The van der Waals surface area contributed by atoms with E-state index in [0.717, 1.165) is 89.0 Å². The molecule has 0 fully saturated rings. The van der Waals surface area contributed by atoms with Gasteiger partial charge >= 0.3 is 11.9 Å². The molecule has 0 aliphatic heterocycles. The number of carbonyl (C=O) groups excluding carboxylic acids is 2. The zero-order valence-electron chi connectivity index (χ0n) is 39.3. The predicted octanol–water partition coefficient (Wildman–Crippen LogP) is 14.9. The third kappa shape index (κ3) is 36.8. The molecule has 1 rings (SSSR count). The van der Waals surface area contributed by atoms with Gasteiger partial charge in [0.2, 0.25) is 0 Å². The Morgan fingerprint density at radius 3 is 1.42 bits per heavy atom. The molecule has 0 radical (unpaired) electrons. The quantitative estimate of drug-likeness (QED) is 0.0380. The average Bonchev–Trinajstić information content (AvgIpc) is 3.76. The second-order valence-electron chi connectivity index (χ2n) is 17.4. The molecule has 0 bridgehead atoms. The normalized spacial score (nSPS) is 12.2. The molecule has 0 saturated heterocycles. The lowest BCUT2D eigenvalue weighted by molar-refractivity contribution is -0.150. The first-order chi connectivity index (χ1) is 29.0. The van der Waals surface area contributed by atoms with E-state index in [1.807, 2.05) is 6.07 Å². The van der Waals surface area contributed by atoms with E-state index in [0.29, 0.717) is 12.8 Å². The second kappa shape index (κ2) is 43.1. The van der Waals surface area contributed by atoms with E-state index >= 15 is 0 Å². The summed E-state index contributed by atoms with van der Waals surface area (Å²) in [4.78, 5) is 28.0. The summed E-state index contributed by atoms with van der Waals surface area (Å²) in [5, 5.41) is 8.07. The minimum Gasteiger partial charge on any atom is -0.462 e. The number of aromatic amines is 1. The van der Waals surface area contributed by atoms with Gasteiger partial charge in [0.1, 0.15) is 17.2 Å². The molecule has 1 aromatic rings.